The first-order chi connectivity index (χ1) is 8.60. The fraction of sp³-hybridized carbons (Fsp3) is 0.143. The van der Waals surface area contributed by atoms with Crippen LogP contribution in [0.15, 0.2) is 36.4 Å². The molecule has 0 radical (unpaired) electrons. The monoisotopic (exact) mass is 266 g/mol. The van der Waals surface area contributed by atoms with Crippen molar-refractivity contribution in [2.24, 2.45) is 0 Å². The summed E-state index contributed by atoms with van der Waals surface area (Å²) >= 11 is 5.67. The number of rotatable bonds is 3. The lowest BCUT2D eigenvalue weighted by molar-refractivity contribution is 0.276. The van der Waals surface area contributed by atoms with Gasteiger partial charge in [0.1, 0.15) is 17.3 Å². The summed E-state index contributed by atoms with van der Waals surface area (Å²) in [5, 5.41) is 9.26. The molecule has 18 heavy (non-hydrogen) atoms. The Morgan fingerprint density at radius 3 is 2.67 bits per heavy atom. The number of aliphatic hydroxyl groups is 1. The van der Waals surface area contributed by atoms with Crippen LogP contribution in [0.3, 0.4) is 0 Å². The van der Waals surface area contributed by atoms with Crippen LogP contribution >= 0.6 is 11.6 Å². The van der Waals surface area contributed by atoms with Crippen LogP contribution in [0.2, 0.25) is 5.02 Å². The first-order valence-electron chi connectivity index (χ1n) is 5.43. The Morgan fingerprint density at radius 1 is 1.22 bits per heavy atom. The maximum atomic E-state index is 13.0. The Morgan fingerprint density at radius 2 is 2.00 bits per heavy atom. The van der Waals surface area contributed by atoms with Gasteiger partial charge >= 0.3 is 0 Å². The predicted molar refractivity (Wildman–Crippen MR) is 68.6 cm³/mol. The summed E-state index contributed by atoms with van der Waals surface area (Å²) in [6.07, 6.45) is 0. The van der Waals surface area contributed by atoms with Gasteiger partial charge in [-0.1, -0.05) is 29.3 Å². The molecule has 0 aromatic heterocycles. The van der Waals surface area contributed by atoms with Crippen LogP contribution in [-0.4, -0.2) is 5.11 Å². The van der Waals surface area contributed by atoms with Crippen molar-refractivity contribution >= 4 is 11.6 Å². The van der Waals surface area contributed by atoms with E-state index in [0.29, 0.717) is 17.1 Å². The molecule has 2 aromatic carbocycles. The van der Waals surface area contributed by atoms with E-state index in [-0.39, 0.29) is 11.6 Å². The van der Waals surface area contributed by atoms with Gasteiger partial charge < -0.3 is 9.84 Å². The molecule has 4 heteroatoms. The second-order valence-electron chi connectivity index (χ2n) is 3.95. The number of ether oxygens (including phenoxy) is 1. The smallest absolute Gasteiger partial charge is 0.142 e. The van der Waals surface area contributed by atoms with E-state index < -0.39 is 5.82 Å². The van der Waals surface area contributed by atoms with Crippen LogP contribution in [0.5, 0.6) is 11.5 Å². The minimum Gasteiger partial charge on any atom is -0.457 e. The zero-order valence-electron chi connectivity index (χ0n) is 9.78. The van der Waals surface area contributed by atoms with Gasteiger partial charge in [0.15, 0.2) is 0 Å². The molecule has 0 bridgehead atoms. The minimum absolute atomic E-state index is 0.00478. The summed E-state index contributed by atoms with van der Waals surface area (Å²) in [7, 11) is 0. The molecule has 0 fully saturated rings. The number of hydrogen-bond acceptors (Lipinski definition) is 2. The van der Waals surface area contributed by atoms with Gasteiger partial charge in [-0.05, 0) is 25.1 Å². The SMILES string of the molecule is Cc1ccc(Oc2ccc(F)c(Cl)c2)c(CO)c1. The average molecular weight is 267 g/mol. The largest absolute Gasteiger partial charge is 0.457 e. The van der Waals surface area contributed by atoms with Gasteiger partial charge in [0.05, 0.1) is 11.6 Å². The number of aliphatic hydroxyl groups excluding tert-OH is 1. The molecule has 2 rings (SSSR count). The van der Waals surface area contributed by atoms with E-state index in [1.165, 1.54) is 18.2 Å². The van der Waals surface area contributed by atoms with E-state index in [1.54, 1.807) is 6.07 Å². The third kappa shape index (κ3) is 2.81. The Hall–Kier alpha value is -1.58. The molecular formula is C14H12ClFO2. The lowest BCUT2D eigenvalue weighted by Crippen LogP contribution is -1.93. The van der Waals surface area contributed by atoms with Gasteiger partial charge in [-0.25, -0.2) is 4.39 Å². The first kappa shape index (κ1) is 12.9. The van der Waals surface area contributed by atoms with Crippen molar-refractivity contribution in [3.05, 3.63) is 58.4 Å². The molecule has 0 heterocycles. The first-order valence-corrected chi connectivity index (χ1v) is 5.81. The summed E-state index contributed by atoms with van der Waals surface area (Å²) < 4.78 is 18.6. The zero-order valence-corrected chi connectivity index (χ0v) is 10.5. The highest BCUT2D eigenvalue weighted by molar-refractivity contribution is 6.30. The van der Waals surface area contributed by atoms with Gasteiger partial charge in [-0.15, -0.1) is 0 Å². The van der Waals surface area contributed by atoms with Gasteiger partial charge in [0.2, 0.25) is 0 Å². The highest BCUT2D eigenvalue weighted by Gasteiger charge is 2.06. The van der Waals surface area contributed by atoms with Crippen LogP contribution in [0, 0.1) is 12.7 Å². The molecule has 0 aliphatic rings. The second-order valence-corrected chi connectivity index (χ2v) is 4.35. The van der Waals surface area contributed by atoms with Crippen molar-refractivity contribution in [2.75, 3.05) is 0 Å². The fourth-order valence-corrected chi connectivity index (χ4v) is 1.77. The van der Waals surface area contributed by atoms with Crippen molar-refractivity contribution < 1.29 is 14.2 Å². The average Bonchev–Trinajstić information content (AvgIpc) is 2.36. The zero-order chi connectivity index (χ0) is 13.1. The van der Waals surface area contributed by atoms with Gasteiger partial charge in [-0.2, -0.15) is 0 Å². The van der Waals surface area contributed by atoms with E-state index in [2.05, 4.69) is 0 Å². The van der Waals surface area contributed by atoms with Crippen molar-refractivity contribution in [1.82, 2.24) is 0 Å². The van der Waals surface area contributed by atoms with E-state index in [0.717, 1.165) is 5.56 Å². The minimum atomic E-state index is -0.490. The van der Waals surface area contributed by atoms with Gasteiger partial charge in [0.25, 0.3) is 0 Å². The Kier molecular flexibility index (Phi) is 3.84. The third-order valence-corrected chi connectivity index (χ3v) is 2.79. The Bertz CT molecular complexity index is 570. The lowest BCUT2D eigenvalue weighted by atomic mass is 10.1. The lowest BCUT2D eigenvalue weighted by Gasteiger charge is -2.10. The third-order valence-electron chi connectivity index (χ3n) is 2.51. The number of aryl methyl sites for hydroxylation is 1. The van der Waals surface area contributed by atoms with Crippen LogP contribution in [-0.2, 0) is 6.61 Å². The van der Waals surface area contributed by atoms with Crippen molar-refractivity contribution in [3.8, 4) is 11.5 Å². The van der Waals surface area contributed by atoms with Crippen LogP contribution in [0.4, 0.5) is 4.39 Å². The number of benzene rings is 2. The standard InChI is InChI=1S/C14H12ClFO2/c1-9-2-5-14(10(6-9)8-17)18-11-3-4-13(16)12(15)7-11/h2-7,17H,8H2,1H3. The molecule has 0 saturated heterocycles. The predicted octanol–water partition coefficient (Wildman–Crippen LogP) is 4.07. The molecule has 0 spiro atoms. The summed E-state index contributed by atoms with van der Waals surface area (Å²) in [5.74, 6) is 0.473. The summed E-state index contributed by atoms with van der Waals surface area (Å²) in [5.41, 5.74) is 1.71. The Balaban J connectivity index is 2.30. The highest BCUT2D eigenvalue weighted by Crippen LogP contribution is 2.29. The number of hydrogen-bond donors (Lipinski definition) is 1. The molecule has 0 aliphatic heterocycles. The second kappa shape index (κ2) is 5.38. The molecule has 2 aromatic rings. The van der Waals surface area contributed by atoms with Crippen LogP contribution < -0.4 is 4.74 Å². The molecule has 94 valence electrons. The van der Waals surface area contributed by atoms with Gasteiger partial charge in [0, 0.05) is 11.6 Å². The molecular weight excluding hydrogens is 255 g/mol. The number of halogens is 2. The molecule has 0 aliphatic carbocycles. The van der Waals surface area contributed by atoms with E-state index in [1.807, 2.05) is 19.1 Å². The summed E-state index contributed by atoms with van der Waals surface area (Å²) in [6.45, 7) is 1.81. The van der Waals surface area contributed by atoms with Crippen LogP contribution in [0.25, 0.3) is 0 Å². The molecule has 0 atom stereocenters. The molecule has 1 N–H and O–H groups in total. The van der Waals surface area contributed by atoms with Crippen molar-refractivity contribution in [1.29, 1.82) is 0 Å². The van der Waals surface area contributed by atoms with E-state index in [9.17, 15) is 9.50 Å². The maximum Gasteiger partial charge on any atom is 0.142 e. The normalized spacial score (nSPS) is 10.4. The molecule has 2 nitrogen and oxygen atoms in total. The quantitative estimate of drug-likeness (QED) is 0.907. The van der Waals surface area contributed by atoms with Gasteiger partial charge in [-0.3, -0.25) is 0 Å². The van der Waals surface area contributed by atoms with Crippen molar-refractivity contribution in [3.63, 3.8) is 0 Å². The van der Waals surface area contributed by atoms with E-state index in [4.69, 9.17) is 16.3 Å². The molecule has 0 saturated carbocycles. The molecule has 0 amide bonds. The topological polar surface area (TPSA) is 29.5 Å². The highest BCUT2D eigenvalue weighted by atomic mass is 35.5. The Labute approximate surface area is 110 Å². The fourth-order valence-electron chi connectivity index (χ4n) is 1.60. The maximum absolute atomic E-state index is 13.0. The summed E-state index contributed by atoms with van der Waals surface area (Å²) in [6, 6.07) is 9.60. The van der Waals surface area contributed by atoms with E-state index >= 15 is 0 Å². The summed E-state index contributed by atoms with van der Waals surface area (Å²) in [4.78, 5) is 0. The van der Waals surface area contributed by atoms with Crippen LogP contribution in [0.1, 0.15) is 11.1 Å². The van der Waals surface area contributed by atoms with Crippen molar-refractivity contribution in [2.45, 2.75) is 13.5 Å². The molecule has 0 unspecified atom stereocenters.